The van der Waals surface area contributed by atoms with Gasteiger partial charge in [0.1, 0.15) is 0 Å². The van der Waals surface area contributed by atoms with Gasteiger partial charge in [-0.3, -0.25) is 9.69 Å². The van der Waals surface area contributed by atoms with Crippen molar-refractivity contribution < 1.29 is 9.90 Å². The number of aliphatic hydroxyl groups excluding tert-OH is 1. The summed E-state index contributed by atoms with van der Waals surface area (Å²) in [5, 5.41) is 25.8. The molecular formula is C24H35N5O2. The molecule has 7 nitrogen and oxygen atoms in total. The van der Waals surface area contributed by atoms with Crippen molar-refractivity contribution in [3.05, 3.63) is 30.0 Å². The molecule has 7 heteroatoms. The Bertz CT molecular complexity index is 904. The Labute approximate surface area is 184 Å². The zero-order valence-electron chi connectivity index (χ0n) is 18.8. The molecule has 1 amide bonds. The molecule has 2 aliphatic rings. The second-order valence-electron chi connectivity index (χ2n) is 9.65. The van der Waals surface area contributed by atoms with Gasteiger partial charge in [-0.2, -0.15) is 10.2 Å². The molecule has 2 heterocycles. The molecule has 1 aliphatic carbocycles. The Morgan fingerprint density at radius 2 is 1.97 bits per heavy atom. The highest BCUT2D eigenvalue weighted by Crippen LogP contribution is 2.33. The number of hydrogen-bond donors (Lipinski definition) is 3. The van der Waals surface area contributed by atoms with Gasteiger partial charge in [0.2, 0.25) is 5.91 Å². The maximum absolute atomic E-state index is 12.4. The molecule has 2 aromatic rings. The molecule has 1 saturated carbocycles. The molecule has 3 N–H and O–H groups in total. The lowest BCUT2D eigenvalue weighted by molar-refractivity contribution is -0.121. The number of likely N-dealkylation sites (tertiary alicyclic amines) is 1. The standard InChI is InChI=1S/C24H35N5O2/c1-15(2)24(31)17-5-7-19(8-6-17)29-13-18(14-29)27-23(30)12-25-22-11-26-28-21-9-4-16(3)10-20(21)22/h4,9-11,15,17-19,24,31H,5-8,12-14H2,1-3H3,(H,25,28)(H,27,30). The molecule has 1 aromatic heterocycles. The quantitative estimate of drug-likeness (QED) is 0.632. The summed E-state index contributed by atoms with van der Waals surface area (Å²) in [6, 6.07) is 6.84. The first-order valence-electron chi connectivity index (χ1n) is 11.6. The van der Waals surface area contributed by atoms with Crippen LogP contribution in [0.15, 0.2) is 24.4 Å². The monoisotopic (exact) mass is 425 g/mol. The van der Waals surface area contributed by atoms with Gasteiger partial charge >= 0.3 is 0 Å². The van der Waals surface area contributed by atoms with E-state index in [0.29, 0.717) is 17.9 Å². The van der Waals surface area contributed by atoms with Crippen LogP contribution in [0, 0.1) is 18.8 Å². The lowest BCUT2D eigenvalue weighted by Crippen LogP contribution is -2.63. The molecular weight excluding hydrogens is 390 g/mol. The number of benzene rings is 1. The maximum Gasteiger partial charge on any atom is 0.239 e. The second kappa shape index (κ2) is 9.49. The predicted molar refractivity (Wildman–Crippen MR) is 123 cm³/mol. The summed E-state index contributed by atoms with van der Waals surface area (Å²) < 4.78 is 0. The lowest BCUT2D eigenvalue weighted by Gasteiger charge is -2.47. The first-order valence-corrected chi connectivity index (χ1v) is 11.6. The van der Waals surface area contributed by atoms with Gasteiger partial charge in [0.15, 0.2) is 0 Å². The van der Waals surface area contributed by atoms with E-state index in [2.05, 4.69) is 45.6 Å². The number of carbonyl (C=O) groups is 1. The predicted octanol–water partition coefficient (Wildman–Crippen LogP) is 2.73. The van der Waals surface area contributed by atoms with Crippen LogP contribution in [0.5, 0.6) is 0 Å². The van der Waals surface area contributed by atoms with E-state index < -0.39 is 0 Å². The molecule has 4 rings (SSSR count). The van der Waals surface area contributed by atoms with Gasteiger partial charge in [0, 0.05) is 24.5 Å². The van der Waals surface area contributed by atoms with Crippen LogP contribution in [0.25, 0.3) is 10.9 Å². The zero-order valence-corrected chi connectivity index (χ0v) is 18.8. The molecule has 1 aromatic carbocycles. The first kappa shape index (κ1) is 22.0. The van der Waals surface area contributed by atoms with Crippen LogP contribution in [0.1, 0.15) is 45.1 Å². The molecule has 2 fully saturated rings. The van der Waals surface area contributed by atoms with Crippen molar-refractivity contribution in [2.24, 2.45) is 11.8 Å². The summed E-state index contributed by atoms with van der Waals surface area (Å²) in [5.74, 6) is 0.788. The number of nitrogens with one attached hydrogen (secondary N) is 2. The van der Waals surface area contributed by atoms with Crippen LogP contribution < -0.4 is 10.6 Å². The van der Waals surface area contributed by atoms with E-state index >= 15 is 0 Å². The molecule has 168 valence electrons. The number of amides is 1. The molecule has 0 spiro atoms. The van der Waals surface area contributed by atoms with Crippen molar-refractivity contribution in [3.8, 4) is 0 Å². The Balaban J connectivity index is 1.20. The molecule has 0 radical (unpaired) electrons. The van der Waals surface area contributed by atoms with Crippen LogP contribution in [-0.4, -0.2) is 63.9 Å². The Kier molecular flexibility index (Phi) is 6.72. The van der Waals surface area contributed by atoms with Gasteiger partial charge < -0.3 is 15.7 Å². The fourth-order valence-corrected chi connectivity index (χ4v) is 5.02. The molecule has 31 heavy (non-hydrogen) atoms. The van der Waals surface area contributed by atoms with Crippen LogP contribution in [0.3, 0.4) is 0 Å². The number of aryl methyl sites for hydroxylation is 1. The number of carbonyl (C=O) groups excluding carboxylic acids is 1. The molecule has 1 saturated heterocycles. The zero-order chi connectivity index (χ0) is 22.0. The van der Waals surface area contributed by atoms with E-state index in [1.165, 1.54) is 0 Å². The van der Waals surface area contributed by atoms with E-state index in [1.807, 2.05) is 19.1 Å². The second-order valence-corrected chi connectivity index (χ2v) is 9.65. The summed E-state index contributed by atoms with van der Waals surface area (Å²) in [5.41, 5.74) is 2.80. The van der Waals surface area contributed by atoms with Crippen molar-refractivity contribution in [3.63, 3.8) is 0 Å². The van der Waals surface area contributed by atoms with E-state index in [1.54, 1.807) is 6.20 Å². The number of anilines is 1. The first-order chi connectivity index (χ1) is 14.9. The van der Waals surface area contributed by atoms with Crippen molar-refractivity contribution >= 4 is 22.5 Å². The highest BCUT2D eigenvalue weighted by atomic mass is 16.3. The van der Waals surface area contributed by atoms with E-state index in [9.17, 15) is 9.90 Å². The number of aliphatic hydroxyl groups is 1. The van der Waals surface area contributed by atoms with Crippen LogP contribution in [0.4, 0.5) is 5.69 Å². The number of nitrogens with zero attached hydrogens (tertiary/aromatic N) is 3. The highest BCUT2D eigenvalue weighted by Gasteiger charge is 2.36. The summed E-state index contributed by atoms with van der Waals surface area (Å²) in [6.45, 7) is 8.31. The average molecular weight is 426 g/mol. The van der Waals surface area contributed by atoms with Crippen LogP contribution in [0.2, 0.25) is 0 Å². The number of fused-ring (bicyclic) bond motifs is 1. The topological polar surface area (TPSA) is 90.4 Å². The summed E-state index contributed by atoms with van der Waals surface area (Å²) in [7, 11) is 0. The van der Waals surface area contributed by atoms with Crippen molar-refractivity contribution in [1.82, 2.24) is 20.4 Å². The van der Waals surface area contributed by atoms with Gasteiger partial charge in [-0.1, -0.05) is 25.5 Å². The largest absolute Gasteiger partial charge is 0.393 e. The van der Waals surface area contributed by atoms with Crippen molar-refractivity contribution in [1.29, 1.82) is 0 Å². The molecule has 1 aliphatic heterocycles. The molecule has 1 atom stereocenters. The normalized spacial score (nSPS) is 23.5. The number of aromatic nitrogens is 2. The fraction of sp³-hybridized carbons (Fsp3) is 0.625. The third-order valence-corrected chi connectivity index (χ3v) is 6.93. The summed E-state index contributed by atoms with van der Waals surface area (Å²) in [6.07, 6.45) is 6.01. The third-order valence-electron chi connectivity index (χ3n) is 6.93. The minimum atomic E-state index is -0.173. The van der Waals surface area contributed by atoms with Gasteiger partial charge in [-0.25, -0.2) is 0 Å². The average Bonchev–Trinajstić information content (AvgIpc) is 2.74. The summed E-state index contributed by atoms with van der Waals surface area (Å²) in [4.78, 5) is 14.9. The van der Waals surface area contributed by atoms with Gasteiger partial charge in [0.25, 0.3) is 0 Å². The smallest absolute Gasteiger partial charge is 0.239 e. The molecule has 0 bridgehead atoms. The lowest BCUT2D eigenvalue weighted by atomic mass is 9.78. The van der Waals surface area contributed by atoms with Crippen LogP contribution in [-0.2, 0) is 4.79 Å². The van der Waals surface area contributed by atoms with Gasteiger partial charge in [0.05, 0.1) is 36.1 Å². The minimum absolute atomic E-state index is 0.00558. The third kappa shape index (κ3) is 5.15. The Morgan fingerprint density at radius 3 is 2.68 bits per heavy atom. The van der Waals surface area contributed by atoms with Crippen molar-refractivity contribution in [2.45, 2.75) is 64.6 Å². The SMILES string of the molecule is Cc1ccc2nncc(NCC(=O)NC3CN(C4CCC(C(O)C(C)C)CC4)C3)c2c1. The Morgan fingerprint density at radius 1 is 1.23 bits per heavy atom. The Hall–Kier alpha value is -2.25. The maximum atomic E-state index is 12.4. The van der Waals surface area contributed by atoms with Crippen molar-refractivity contribution in [2.75, 3.05) is 25.0 Å². The minimum Gasteiger partial charge on any atom is -0.393 e. The van der Waals surface area contributed by atoms with Crippen LogP contribution >= 0.6 is 0 Å². The summed E-state index contributed by atoms with van der Waals surface area (Å²) >= 11 is 0. The fourth-order valence-electron chi connectivity index (χ4n) is 5.02. The highest BCUT2D eigenvalue weighted by molar-refractivity contribution is 5.92. The molecule has 1 unspecified atom stereocenters. The van der Waals surface area contributed by atoms with E-state index in [4.69, 9.17) is 0 Å². The van der Waals surface area contributed by atoms with Gasteiger partial charge in [-0.05, 0) is 56.6 Å². The number of hydrogen-bond acceptors (Lipinski definition) is 6. The van der Waals surface area contributed by atoms with Gasteiger partial charge in [-0.15, -0.1) is 0 Å². The van der Waals surface area contributed by atoms with E-state index in [-0.39, 0.29) is 24.6 Å². The van der Waals surface area contributed by atoms with E-state index in [0.717, 1.165) is 60.9 Å². The number of rotatable bonds is 7.